The Morgan fingerprint density at radius 2 is 2.00 bits per heavy atom. The molecule has 146 valence electrons. The highest BCUT2D eigenvalue weighted by Gasteiger charge is 2.34. The molecule has 0 saturated heterocycles. The Morgan fingerprint density at radius 3 is 2.64 bits per heavy atom. The first kappa shape index (κ1) is 19.4. The van der Waals surface area contributed by atoms with E-state index in [1.807, 2.05) is 32.0 Å². The highest BCUT2D eigenvalue weighted by Crippen LogP contribution is 2.41. The average Bonchev–Trinajstić information content (AvgIpc) is 2.65. The van der Waals surface area contributed by atoms with Gasteiger partial charge in [0.1, 0.15) is 17.1 Å². The monoisotopic (exact) mass is 382 g/mol. The van der Waals surface area contributed by atoms with E-state index < -0.39 is 10.5 Å². The van der Waals surface area contributed by atoms with E-state index in [4.69, 9.17) is 9.47 Å². The summed E-state index contributed by atoms with van der Waals surface area (Å²) < 4.78 is 11.3. The Hall–Kier alpha value is -3.35. The molecule has 2 aromatic carbocycles. The fourth-order valence-corrected chi connectivity index (χ4v) is 3.19. The number of nitrogens with zero attached hydrogens (tertiary/aromatic N) is 1. The summed E-state index contributed by atoms with van der Waals surface area (Å²) in [5.41, 5.74) is 1.19. The number of fused-ring (bicyclic) bond motifs is 1. The van der Waals surface area contributed by atoms with Crippen molar-refractivity contribution >= 4 is 17.7 Å². The first-order valence-electron chi connectivity index (χ1n) is 8.87. The number of hydrogen-bond acceptors (Lipinski definition) is 5. The molecule has 1 amide bonds. The third-order valence-corrected chi connectivity index (χ3v) is 4.53. The van der Waals surface area contributed by atoms with Crippen LogP contribution in [0.25, 0.3) is 6.08 Å². The summed E-state index contributed by atoms with van der Waals surface area (Å²) >= 11 is 0. The smallest absolute Gasteiger partial charge is 0.269 e. The van der Waals surface area contributed by atoms with Crippen molar-refractivity contribution in [1.29, 1.82) is 0 Å². The van der Waals surface area contributed by atoms with E-state index >= 15 is 0 Å². The number of carbonyl (C=O) groups excluding carboxylic acids is 1. The second-order valence-corrected chi connectivity index (χ2v) is 7.21. The van der Waals surface area contributed by atoms with Crippen LogP contribution in [-0.2, 0) is 4.79 Å². The Labute approximate surface area is 163 Å². The van der Waals surface area contributed by atoms with Gasteiger partial charge in [-0.05, 0) is 49.8 Å². The molecule has 0 bridgehead atoms. The normalized spacial score (nSPS) is 17.5. The first-order chi connectivity index (χ1) is 13.3. The number of rotatable bonds is 5. The fourth-order valence-electron chi connectivity index (χ4n) is 3.19. The predicted molar refractivity (Wildman–Crippen MR) is 105 cm³/mol. The van der Waals surface area contributed by atoms with E-state index in [1.54, 1.807) is 25.3 Å². The molecule has 0 fully saturated rings. The van der Waals surface area contributed by atoms with E-state index in [-0.39, 0.29) is 17.6 Å². The van der Waals surface area contributed by atoms with Gasteiger partial charge in [-0.15, -0.1) is 0 Å². The van der Waals surface area contributed by atoms with Crippen LogP contribution in [0.5, 0.6) is 11.5 Å². The molecule has 1 N–H and O–H groups in total. The van der Waals surface area contributed by atoms with Gasteiger partial charge >= 0.3 is 0 Å². The molecule has 0 spiro atoms. The third-order valence-electron chi connectivity index (χ3n) is 4.53. The second-order valence-electron chi connectivity index (χ2n) is 7.21. The molecular formula is C21H22N2O5. The topological polar surface area (TPSA) is 90.7 Å². The molecule has 7 nitrogen and oxygen atoms in total. The number of ether oxygens (including phenoxy) is 2. The van der Waals surface area contributed by atoms with Gasteiger partial charge < -0.3 is 14.8 Å². The molecule has 1 heterocycles. The second kappa shape index (κ2) is 7.72. The van der Waals surface area contributed by atoms with Crippen LogP contribution in [0.3, 0.4) is 0 Å². The zero-order chi connectivity index (χ0) is 20.3. The minimum absolute atomic E-state index is 0.0121. The van der Waals surface area contributed by atoms with Crippen LogP contribution >= 0.6 is 0 Å². The van der Waals surface area contributed by atoms with Gasteiger partial charge in [0.25, 0.3) is 5.69 Å². The summed E-state index contributed by atoms with van der Waals surface area (Å²) in [4.78, 5) is 22.7. The Balaban J connectivity index is 1.73. The lowest BCUT2D eigenvalue weighted by molar-refractivity contribution is -0.384. The SMILES string of the molecule is COc1ccc2c(c1)OC(C)(C)CC2NC(=O)/C=C/c1ccc([N+](=O)[O-])cc1. The molecule has 0 aliphatic carbocycles. The summed E-state index contributed by atoms with van der Waals surface area (Å²) in [6.45, 7) is 3.95. The van der Waals surface area contributed by atoms with Crippen molar-refractivity contribution < 1.29 is 19.2 Å². The number of nitrogens with one attached hydrogen (secondary N) is 1. The van der Waals surface area contributed by atoms with Crippen LogP contribution in [0.15, 0.2) is 48.5 Å². The minimum Gasteiger partial charge on any atom is -0.497 e. The molecule has 1 unspecified atom stereocenters. The van der Waals surface area contributed by atoms with Crippen molar-refractivity contribution in [3.63, 3.8) is 0 Å². The van der Waals surface area contributed by atoms with Gasteiger partial charge in [0, 0.05) is 36.3 Å². The van der Waals surface area contributed by atoms with Crippen molar-refractivity contribution in [3.8, 4) is 11.5 Å². The molecule has 3 rings (SSSR count). The molecule has 1 atom stereocenters. The number of nitro benzene ring substituents is 1. The highest BCUT2D eigenvalue weighted by molar-refractivity contribution is 5.92. The van der Waals surface area contributed by atoms with Crippen LogP contribution in [0.2, 0.25) is 0 Å². The maximum absolute atomic E-state index is 12.4. The number of benzene rings is 2. The molecule has 0 radical (unpaired) electrons. The molecule has 0 saturated carbocycles. The van der Waals surface area contributed by atoms with Gasteiger partial charge in [-0.25, -0.2) is 0 Å². The van der Waals surface area contributed by atoms with Gasteiger partial charge in [-0.2, -0.15) is 0 Å². The standard InChI is InChI=1S/C21H22N2O5/c1-21(2)13-18(17-10-9-16(27-3)12-19(17)28-21)22-20(24)11-6-14-4-7-15(8-5-14)23(25)26/h4-12,18H,13H2,1-3H3,(H,22,24)/b11-6+. The summed E-state index contributed by atoms with van der Waals surface area (Å²) in [6, 6.07) is 11.4. The van der Waals surface area contributed by atoms with Crippen molar-refractivity contribution in [2.45, 2.75) is 31.9 Å². The van der Waals surface area contributed by atoms with Gasteiger partial charge in [0.05, 0.1) is 18.1 Å². The van der Waals surface area contributed by atoms with Crippen molar-refractivity contribution in [2.75, 3.05) is 7.11 Å². The molecular weight excluding hydrogens is 360 g/mol. The van der Waals surface area contributed by atoms with Gasteiger partial charge in [-0.1, -0.05) is 0 Å². The molecule has 7 heteroatoms. The number of nitro groups is 1. The quantitative estimate of drug-likeness (QED) is 0.479. The number of carbonyl (C=O) groups is 1. The molecule has 2 aromatic rings. The van der Waals surface area contributed by atoms with Crippen LogP contribution in [0.4, 0.5) is 5.69 Å². The molecule has 0 aromatic heterocycles. The van der Waals surface area contributed by atoms with Gasteiger partial charge in [0.2, 0.25) is 5.91 Å². The molecule has 1 aliphatic rings. The summed E-state index contributed by atoms with van der Waals surface area (Å²) in [7, 11) is 1.60. The van der Waals surface area contributed by atoms with Crippen LogP contribution < -0.4 is 14.8 Å². The number of hydrogen-bond donors (Lipinski definition) is 1. The maximum atomic E-state index is 12.4. The number of amides is 1. The first-order valence-corrected chi connectivity index (χ1v) is 8.87. The number of methoxy groups -OCH3 is 1. The van der Waals surface area contributed by atoms with Crippen LogP contribution in [0, 0.1) is 10.1 Å². The van der Waals surface area contributed by atoms with Crippen LogP contribution in [0.1, 0.15) is 37.4 Å². The lowest BCUT2D eigenvalue weighted by Crippen LogP contribution is -2.40. The fraction of sp³-hybridized carbons (Fsp3) is 0.286. The van der Waals surface area contributed by atoms with E-state index in [1.165, 1.54) is 18.2 Å². The van der Waals surface area contributed by atoms with Crippen molar-refractivity contribution in [3.05, 3.63) is 69.8 Å². The summed E-state index contributed by atoms with van der Waals surface area (Å²) in [5, 5.41) is 13.7. The third kappa shape index (κ3) is 4.49. The molecule has 1 aliphatic heterocycles. The highest BCUT2D eigenvalue weighted by atomic mass is 16.6. The Morgan fingerprint density at radius 1 is 1.29 bits per heavy atom. The average molecular weight is 382 g/mol. The Kier molecular flexibility index (Phi) is 5.35. The molecule has 28 heavy (non-hydrogen) atoms. The van der Waals surface area contributed by atoms with E-state index in [9.17, 15) is 14.9 Å². The Bertz CT molecular complexity index is 919. The van der Waals surface area contributed by atoms with Gasteiger partial charge in [0.15, 0.2) is 0 Å². The maximum Gasteiger partial charge on any atom is 0.269 e. The van der Waals surface area contributed by atoms with Crippen LogP contribution in [-0.4, -0.2) is 23.5 Å². The minimum atomic E-state index is -0.459. The van der Waals surface area contributed by atoms with E-state index in [2.05, 4.69) is 5.32 Å². The van der Waals surface area contributed by atoms with Crippen molar-refractivity contribution in [2.24, 2.45) is 0 Å². The predicted octanol–water partition coefficient (Wildman–Crippen LogP) is 4.04. The summed E-state index contributed by atoms with van der Waals surface area (Å²) in [5.74, 6) is 1.14. The lowest BCUT2D eigenvalue weighted by Gasteiger charge is -2.37. The summed E-state index contributed by atoms with van der Waals surface area (Å²) in [6.07, 6.45) is 3.68. The zero-order valence-electron chi connectivity index (χ0n) is 16.0. The van der Waals surface area contributed by atoms with Crippen molar-refractivity contribution in [1.82, 2.24) is 5.32 Å². The van der Waals surface area contributed by atoms with Gasteiger partial charge in [-0.3, -0.25) is 14.9 Å². The van der Waals surface area contributed by atoms with E-state index in [0.717, 1.165) is 5.56 Å². The number of non-ortho nitro benzene ring substituents is 1. The zero-order valence-corrected chi connectivity index (χ0v) is 16.0. The van der Waals surface area contributed by atoms with E-state index in [0.29, 0.717) is 23.5 Å². The largest absolute Gasteiger partial charge is 0.497 e. The lowest BCUT2D eigenvalue weighted by atomic mass is 9.89.